The van der Waals surface area contributed by atoms with E-state index < -0.39 is 23.6 Å². The summed E-state index contributed by atoms with van der Waals surface area (Å²) in [6.07, 6.45) is 2.20. The number of hydrogen-bond acceptors (Lipinski definition) is 6. The fourth-order valence-corrected chi connectivity index (χ4v) is 4.69. The van der Waals surface area contributed by atoms with Crippen LogP contribution in [0.4, 0.5) is 23.4 Å². The number of fused-ring (bicyclic) bond motifs is 2. The van der Waals surface area contributed by atoms with Crippen LogP contribution in [0.3, 0.4) is 0 Å². The molecule has 0 saturated carbocycles. The van der Waals surface area contributed by atoms with Gasteiger partial charge in [-0.1, -0.05) is 12.1 Å². The zero-order valence-corrected chi connectivity index (χ0v) is 17.1. The lowest BCUT2D eigenvalue weighted by Crippen LogP contribution is -2.40. The molecule has 5 rings (SSSR count). The van der Waals surface area contributed by atoms with E-state index in [1.54, 1.807) is 17.0 Å². The molecule has 3 atom stereocenters. The number of alkyl halides is 3. The van der Waals surface area contributed by atoms with Gasteiger partial charge in [0, 0.05) is 24.0 Å². The number of amides is 1. The molecule has 1 amide bonds. The topological polar surface area (TPSA) is 83.9 Å². The third kappa shape index (κ3) is 3.87. The largest absolute Gasteiger partial charge is 0.434 e. The molecule has 0 spiro atoms. The molecule has 2 bridgehead atoms. The number of aromatic nitrogens is 4. The summed E-state index contributed by atoms with van der Waals surface area (Å²) in [5.41, 5.74) is -0.853. The number of nitrogens with one attached hydrogen (secondary N) is 1. The van der Waals surface area contributed by atoms with Crippen LogP contribution in [0.2, 0.25) is 0 Å². The molecule has 3 aromatic rings. The van der Waals surface area contributed by atoms with Gasteiger partial charge in [0.2, 0.25) is 0 Å². The van der Waals surface area contributed by atoms with E-state index in [9.17, 15) is 22.4 Å². The third-order valence-electron chi connectivity index (χ3n) is 6.08. The monoisotopic (exact) mass is 458 g/mol. The van der Waals surface area contributed by atoms with E-state index in [0.29, 0.717) is 24.6 Å². The molecule has 2 fully saturated rings. The van der Waals surface area contributed by atoms with Crippen LogP contribution in [-0.2, 0) is 6.18 Å². The highest BCUT2D eigenvalue weighted by atomic mass is 19.4. The maximum Gasteiger partial charge on any atom is 0.434 e. The van der Waals surface area contributed by atoms with Crippen molar-refractivity contribution >= 4 is 11.7 Å². The summed E-state index contributed by atoms with van der Waals surface area (Å²) >= 11 is 0. The molecule has 7 nitrogen and oxygen atoms in total. The number of carbonyl (C=O) groups is 1. The molecular formula is C22H18F4N6O. The Hall–Kier alpha value is -3.63. The number of benzene rings is 1. The molecule has 0 radical (unpaired) electrons. The zero-order valence-electron chi connectivity index (χ0n) is 17.1. The first-order valence-electron chi connectivity index (χ1n) is 10.4. The molecule has 2 aliphatic heterocycles. The summed E-state index contributed by atoms with van der Waals surface area (Å²) in [5, 5.41) is 3.09. The average molecular weight is 458 g/mol. The van der Waals surface area contributed by atoms with Gasteiger partial charge in [0.15, 0.2) is 11.5 Å². The molecular weight excluding hydrogens is 440 g/mol. The molecule has 4 heterocycles. The van der Waals surface area contributed by atoms with Gasteiger partial charge in [-0.25, -0.2) is 24.3 Å². The average Bonchev–Trinajstić information content (AvgIpc) is 3.37. The van der Waals surface area contributed by atoms with Crippen LogP contribution in [0.15, 0.2) is 49.1 Å². The molecule has 2 aromatic heterocycles. The maximum absolute atomic E-state index is 14.9. The summed E-state index contributed by atoms with van der Waals surface area (Å²) in [7, 11) is 0. The van der Waals surface area contributed by atoms with Crippen molar-refractivity contribution in [2.75, 3.05) is 5.32 Å². The van der Waals surface area contributed by atoms with Crippen LogP contribution in [0.1, 0.15) is 35.3 Å². The van der Waals surface area contributed by atoms with Gasteiger partial charge < -0.3 is 10.2 Å². The molecule has 0 unspecified atom stereocenters. The predicted octanol–water partition coefficient (Wildman–Crippen LogP) is 3.95. The minimum absolute atomic E-state index is 0.0874. The number of rotatable bonds is 4. The Morgan fingerprint density at radius 1 is 1.03 bits per heavy atom. The van der Waals surface area contributed by atoms with E-state index in [1.807, 2.05) is 0 Å². The van der Waals surface area contributed by atoms with Gasteiger partial charge in [-0.2, -0.15) is 13.2 Å². The van der Waals surface area contributed by atoms with Gasteiger partial charge in [-0.15, -0.1) is 0 Å². The maximum atomic E-state index is 14.9. The highest BCUT2D eigenvalue weighted by Crippen LogP contribution is 2.41. The third-order valence-corrected chi connectivity index (χ3v) is 6.08. The Balaban J connectivity index is 1.39. The summed E-state index contributed by atoms with van der Waals surface area (Å²) in [6, 6.07) is 5.36. The van der Waals surface area contributed by atoms with Crippen molar-refractivity contribution in [3.05, 3.63) is 66.1 Å². The summed E-state index contributed by atoms with van der Waals surface area (Å²) in [5.74, 6) is -0.668. The highest BCUT2D eigenvalue weighted by molar-refractivity contribution is 6.01. The fourth-order valence-electron chi connectivity index (χ4n) is 4.69. The smallest absolute Gasteiger partial charge is 0.364 e. The van der Waals surface area contributed by atoms with E-state index >= 15 is 0 Å². The van der Waals surface area contributed by atoms with Crippen molar-refractivity contribution in [3.8, 4) is 11.4 Å². The second-order valence-electron chi connectivity index (χ2n) is 8.02. The van der Waals surface area contributed by atoms with Crippen molar-refractivity contribution in [1.82, 2.24) is 24.8 Å². The van der Waals surface area contributed by atoms with Gasteiger partial charge in [0.25, 0.3) is 5.91 Å². The first-order valence-corrected chi connectivity index (χ1v) is 10.4. The number of halogens is 4. The minimum atomic E-state index is -4.57. The second kappa shape index (κ2) is 8.05. The number of nitrogens with zero attached hydrogens (tertiary/aromatic N) is 5. The standard InChI is InChI=1S/C22H18F4N6O/c23-14-4-1-3-13(20-27-7-2-8-28-20)19(14)21(33)32-12-5-6-16(32)15(9-12)31-18-11-29-17(10-30-18)22(24,25)26/h1-4,7-8,10-12,15-16H,5-6,9H2,(H,30,31)/t12-,15-,16+/m1/s1. The molecule has 11 heteroatoms. The van der Waals surface area contributed by atoms with Gasteiger partial charge in [-0.3, -0.25) is 4.79 Å². The van der Waals surface area contributed by atoms with Crippen LogP contribution >= 0.6 is 0 Å². The van der Waals surface area contributed by atoms with Crippen LogP contribution in [0.25, 0.3) is 11.4 Å². The lowest BCUT2D eigenvalue weighted by molar-refractivity contribution is -0.141. The van der Waals surface area contributed by atoms with Gasteiger partial charge in [0.05, 0.1) is 30.0 Å². The molecule has 1 aromatic carbocycles. The van der Waals surface area contributed by atoms with Crippen molar-refractivity contribution < 1.29 is 22.4 Å². The molecule has 1 N–H and O–H groups in total. The Labute approximate surface area is 185 Å². The first-order chi connectivity index (χ1) is 15.8. The summed E-state index contributed by atoms with van der Waals surface area (Å²) in [4.78, 5) is 30.7. The Morgan fingerprint density at radius 2 is 1.82 bits per heavy atom. The molecule has 2 saturated heterocycles. The van der Waals surface area contributed by atoms with Crippen molar-refractivity contribution in [2.45, 2.75) is 43.6 Å². The first kappa shape index (κ1) is 21.2. The van der Waals surface area contributed by atoms with Crippen molar-refractivity contribution in [2.24, 2.45) is 0 Å². The van der Waals surface area contributed by atoms with Crippen LogP contribution in [0, 0.1) is 5.82 Å². The predicted molar refractivity (Wildman–Crippen MR) is 109 cm³/mol. The number of hydrogen-bond donors (Lipinski definition) is 1. The van der Waals surface area contributed by atoms with Crippen LogP contribution in [-0.4, -0.2) is 48.9 Å². The van der Waals surface area contributed by atoms with Crippen molar-refractivity contribution in [3.63, 3.8) is 0 Å². The van der Waals surface area contributed by atoms with E-state index in [1.165, 1.54) is 24.5 Å². The van der Waals surface area contributed by atoms with Gasteiger partial charge in [0.1, 0.15) is 11.6 Å². The molecule has 0 aliphatic carbocycles. The minimum Gasteiger partial charge on any atom is -0.364 e. The van der Waals surface area contributed by atoms with E-state index in [-0.39, 0.29) is 35.3 Å². The summed E-state index contributed by atoms with van der Waals surface area (Å²) in [6.45, 7) is 0. The van der Waals surface area contributed by atoms with E-state index in [2.05, 4.69) is 25.3 Å². The quantitative estimate of drug-likeness (QED) is 0.596. The SMILES string of the molecule is O=C(c1c(F)cccc1-c1ncccn1)N1[C@@H]2CC[C@H]1[C@H](Nc1cnc(C(F)(F)F)cn1)C2. The Morgan fingerprint density at radius 3 is 2.52 bits per heavy atom. The Bertz CT molecular complexity index is 1170. The summed E-state index contributed by atoms with van der Waals surface area (Å²) < 4.78 is 53.1. The number of carbonyl (C=O) groups excluding carboxylic acids is 1. The van der Waals surface area contributed by atoms with E-state index in [4.69, 9.17) is 0 Å². The van der Waals surface area contributed by atoms with Crippen LogP contribution < -0.4 is 5.32 Å². The van der Waals surface area contributed by atoms with Crippen molar-refractivity contribution in [1.29, 1.82) is 0 Å². The molecule has 170 valence electrons. The number of anilines is 1. The molecule has 33 heavy (non-hydrogen) atoms. The lowest BCUT2D eigenvalue weighted by Gasteiger charge is -2.26. The Kier molecular flexibility index (Phi) is 5.18. The second-order valence-corrected chi connectivity index (χ2v) is 8.02. The highest BCUT2D eigenvalue weighted by Gasteiger charge is 2.49. The fraction of sp³-hybridized carbons (Fsp3) is 0.318. The lowest BCUT2D eigenvalue weighted by atomic mass is 9.95. The van der Waals surface area contributed by atoms with Gasteiger partial charge in [-0.05, 0) is 31.4 Å². The van der Waals surface area contributed by atoms with Crippen LogP contribution in [0.5, 0.6) is 0 Å². The normalized spacial score (nSPS) is 21.9. The zero-order chi connectivity index (χ0) is 23.2. The molecule has 2 aliphatic rings. The van der Waals surface area contributed by atoms with Gasteiger partial charge >= 0.3 is 6.18 Å². The van der Waals surface area contributed by atoms with E-state index in [0.717, 1.165) is 12.6 Å².